The maximum absolute atomic E-state index is 5.04. The van der Waals surface area contributed by atoms with Crippen molar-refractivity contribution in [2.75, 3.05) is 0 Å². The van der Waals surface area contributed by atoms with Gasteiger partial charge in [0.1, 0.15) is 0 Å². The van der Waals surface area contributed by atoms with E-state index in [1.165, 1.54) is 88.7 Å². The molecule has 1 unspecified atom stereocenters. The molecule has 2 heterocycles. The number of hydrogen-bond donors (Lipinski definition) is 1. The fourth-order valence-electron chi connectivity index (χ4n) is 10.2. The van der Waals surface area contributed by atoms with Crippen LogP contribution in [0.3, 0.4) is 0 Å². The quantitative estimate of drug-likeness (QED) is 0.195. The molecule has 9 aromatic rings. The fraction of sp³-hybridized carbons (Fsp3) is 0.0364. The number of para-hydroxylation sites is 1. The van der Waals surface area contributed by atoms with Crippen LogP contribution in [0.5, 0.6) is 0 Å². The van der Waals surface area contributed by atoms with Gasteiger partial charge in [-0.3, -0.25) is 4.98 Å². The summed E-state index contributed by atoms with van der Waals surface area (Å²) in [4.78, 5) is 5.04. The summed E-state index contributed by atoms with van der Waals surface area (Å²) in [6.45, 7) is 0. The predicted octanol–water partition coefficient (Wildman–Crippen LogP) is 13.4. The third kappa shape index (κ3) is 4.56. The molecule has 2 aliphatic carbocycles. The van der Waals surface area contributed by atoms with Crippen LogP contribution in [0.1, 0.15) is 34.0 Å². The molecule has 1 aliphatic heterocycles. The van der Waals surface area contributed by atoms with Gasteiger partial charge < -0.3 is 5.32 Å². The summed E-state index contributed by atoms with van der Waals surface area (Å²) >= 11 is 0. The topological polar surface area (TPSA) is 24.9 Å². The molecule has 12 rings (SSSR count). The van der Waals surface area contributed by atoms with Crippen LogP contribution in [-0.4, -0.2) is 4.98 Å². The SMILES string of the molecule is C1=CNC(c2cc(-c3ccc(-c4ccc(-c5cccc6c5-c5ccccc5C65c6ccccc6-c6ccccc65)c5ccccc45)cc3)c3ccccc3n2)C=C1. The zero-order valence-electron chi connectivity index (χ0n) is 31.2. The van der Waals surface area contributed by atoms with E-state index < -0.39 is 0 Å². The highest BCUT2D eigenvalue weighted by Crippen LogP contribution is 2.64. The van der Waals surface area contributed by atoms with Gasteiger partial charge in [-0.15, -0.1) is 0 Å². The molecule has 1 atom stereocenters. The first kappa shape index (κ1) is 32.0. The van der Waals surface area contributed by atoms with Crippen molar-refractivity contribution in [3.8, 4) is 55.6 Å². The van der Waals surface area contributed by atoms with Crippen LogP contribution in [0, 0.1) is 0 Å². The van der Waals surface area contributed by atoms with Crippen molar-refractivity contribution in [2.45, 2.75) is 11.5 Å². The number of nitrogens with zero attached hydrogens (tertiary/aromatic N) is 1. The van der Waals surface area contributed by atoms with E-state index in [-0.39, 0.29) is 11.5 Å². The third-order valence-electron chi connectivity index (χ3n) is 12.6. The van der Waals surface area contributed by atoms with Crippen molar-refractivity contribution < 1.29 is 0 Å². The molecule has 0 bridgehead atoms. The second-order valence-corrected chi connectivity index (χ2v) is 15.4. The van der Waals surface area contributed by atoms with Crippen LogP contribution in [0.2, 0.25) is 0 Å². The zero-order valence-corrected chi connectivity index (χ0v) is 31.2. The van der Waals surface area contributed by atoms with Crippen LogP contribution in [-0.2, 0) is 5.41 Å². The second kappa shape index (κ2) is 12.4. The Hall–Kier alpha value is -7.29. The van der Waals surface area contributed by atoms with Crippen molar-refractivity contribution in [3.05, 3.63) is 234 Å². The maximum Gasteiger partial charge on any atom is 0.0869 e. The molecule has 0 saturated heterocycles. The summed E-state index contributed by atoms with van der Waals surface area (Å²) in [5.74, 6) is 0. The molecule has 266 valence electrons. The third-order valence-corrected chi connectivity index (χ3v) is 12.6. The molecule has 2 nitrogen and oxygen atoms in total. The Balaban J connectivity index is 1.00. The largest absolute Gasteiger partial charge is 0.379 e. The standard InChI is InChI=1S/C55H36N2/c1-2-15-39-38(14-1)37(35-27-29-36(30-28-35)46-34-53(52-26-11-12-33-56-52)57-51-25-10-6-18-43(46)51)31-32-40(39)44-20-13-24-50-54(44)45-19-5-9-23-49(45)55(50)47-21-7-3-16-41(47)42-17-4-8-22-48(42)55/h1-34,52,56H. The van der Waals surface area contributed by atoms with Gasteiger partial charge in [-0.25, -0.2) is 0 Å². The van der Waals surface area contributed by atoms with Crippen molar-refractivity contribution >= 4 is 21.7 Å². The van der Waals surface area contributed by atoms with Gasteiger partial charge in [0, 0.05) is 5.39 Å². The monoisotopic (exact) mass is 724 g/mol. The number of rotatable bonds is 4. The van der Waals surface area contributed by atoms with E-state index in [0.717, 1.165) is 16.6 Å². The molecule has 8 aromatic carbocycles. The highest BCUT2D eigenvalue weighted by atomic mass is 14.9. The van der Waals surface area contributed by atoms with Crippen LogP contribution < -0.4 is 5.32 Å². The number of aromatic nitrogens is 1. The van der Waals surface area contributed by atoms with Gasteiger partial charge in [0.25, 0.3) is 0 Å². The van der Waals surface area contributed by atoms with E-state index in [9.17, 15) is 0 Å². The lowest BCUT2D eigenvalue weighted by Crippen LogP contribution is -2.25. The number of benzene rings is 8. The summed E-state index contributed by atoms with van der Waals surface area (Å²) < 4.78 is 0. The van der Waals surface area contributed by atoms with Gasteiger partial charge in [-0.2, -0.15) is 0 Å². The predicted molar refractivity (Wildman–Crippen MR) is 236 cm³/mol. The molecular formula is C55H36N2. The Kier molecular flexibility index (Phi) is 6.94. The molecule has 1 spiro atoms. The van der Waals surface area contributed by atoms with E-state index in [1.54, 1.807) is 0 Å². The molecule has 0 radical (unpaired) electrons. The smallest absolute Gasteiger partial charge is 0.0869 e. The first-order valence-corrected chi connectivity index (χ1v) is 19.8. The molecule has 0 saturated carbocycles. The van der Waals surface area contributed by atoms with Crippen LogP contribution in [0.15, 0.2) is 206 Å². The zero-order chi connectivity index (χ0) is 37.5. The molecule has 2 heteroatoms. The number of nitrogens with one attached hydrogen (secondary N) is 1. The molecule has 3 aliphatic rings. The van der Waals surface area contributed by atoms with Crippen molar-refractivity contribution in [3.63, 3.8) is 0 Å². The molecule has 0 amide bonds. The van der Waals surface area contributed by atoms with E-state index in [2.05, 4.69) is 199 Å². The van der Waals surface area contributed by atoms with Crippen LogP contribution >= 0.6 is 0 Å². The molecule has 57 heavy (non-hydrogen) atoms. The summed E-state index contributed by atoms with van der Waals surface area (Å²) in [7, 11) is 0. The fourth-order valence-corrected chi connectivity index (χ4v) is 10.2. The van der Waals surface area contributed by atoms with Gasteiger partial charge in [-0.05, 0) is 113 Å². The van der Waals surface area contributed by atoms with E-state index in [0.29, 0.717) is 0 Å². The van der Waals surface area contributed by atoms with Crippen molar-refractivity contribution in [1.82, 2.24) is 10.3 Å². The lowest BCUT2D eigenvalue weighted by atomic mass is 9.70. The molecule has 1 aromatic heterocycles. The van der Waals surface area contributed by atoms with Crippen LogP contribution in [0.4, 0.5) is 0 Å². The highest BCUT2D eigenvalue weighted by Gasteiger charge is 2.52. The Bertz CT molecular complexity index is 3120. The average Bonchev–Trinajstić information content (AvgIpc) is 3.76. The molecule has 0 fully saturated rings. The highest BCUT2D eigenvalue weighted by molar-refractivity contribution is 6.09. The Morgan fingerprint density at radius 2 is 0.947 bits per heavy atom. The van der Waals surface area contributed by atoms with Gasteiger partial charge in [-0.1, -0.05) is 182 Å². The Morgan fingerprint density at radius 1 is 0.404 bits per heavy atom. The van der Waals surface area contributed by atoms with E-state index in [4.69, 9.17) is 4.98 Å². The first-order chi connectivity index (χ1) is 28.3. The summed E-state index contributed by atoms with van der Waals surface area (Å²) in [5, 5.41) is 7.11. The number of fused-ring (bicyclic) bond motifs is 12. The van der Waals surface area contributed by atoms with Gasteiger partial charge >= 0.3 is 0 Å². The lowest BCUT2D eigenvalue weighted by molar-refractivity contribution is 0.725. The second-order valence-electron chi connectivity index (χ2n) is 15.4. The van der Waals surface area contributed by atoms with Gasteiger partial charge in [0.2, 0.25) is 0 Å². The maximum atomic E-state index is 5.04. The summed E-state index contributed by atoms with van der Waals surface area (Å²) in [6, 6.07) is 67.6. The Labute approximate surface area is 332 Å². The number of hydrogen-bond acceptors (Lipinski definition) is 2. The minimum absolute atomic E-state index is 0.0390. The minimum atomic E-state index is -0.367. The first-order valence-electron chi connectivity index (χ1n) is 19.8. The average molecular weight is 725 g/mol. The van der Waals surface area contributed by atoms with Crippen LogP contribution in [0.25, 0.3) is 77.3 Å². The number of allylic oxidation sites excluding steroid dienone is 2. The van der Waals surface area contributed by atoms with Crippen molar-refractivity contribution in [2.24, 2.45) is 0 Å². The number of pyridine rings is 1. The van der Waals surface area contributed by atoms with E-state index >= 15 is 0 Å². The molecular weight excluding hydrogens is 689 g/mol. The summed E-state index contributed by atoms with van der Waals surface area (Å²) in [6.07, 6.45) is 8.24. The van der Waals surface area contributed by atoms with E-state index in [1.807, 2.05) is 12.3 Å². The number of dihydropyridines is 1. The molecule has 1 N–H and O–H groups in total. The van der Waals surface area contributed by atoms with Gasteiger partial charge in [0.15, 0.2) is 0 Å². The Morgan fingerprint density at radius 3 is 1.65 bits per heavy atom. The summed E-state index contributed by atoms with van der Waals surface area (Å²) in [5.41, 5.74) is 19.7. The minimum Gasteiger partial charge on any atom is -0.379 e. The van der Waals surface area contributed by atoms with Crippen molar-refractivity contribution in [1.29, 1.82) is 0 Å². The normalized spacial score (nSPS) is 15.3. The van der Waals surface area contributed by atoms with Gasteiger partial charge in [0.05, 0.1) is 22.7 Å². The lowest BCUT2D eigenvalue weighted by Gasteiger charge is -2.30.